The summed E-state index contributed by atoms with van der Waals surface area (Å²) in [5, 5.41) is 0. The Bertz CT molecular complexity index is 946. The summed E-state index contributed by atoms with van der Waals surface area (Å²) in [6.45, 7) is 1.90. The fraction of sp³-hybridized carbons (Fsp3) is 0.286. The van der Waals surface area contributed by atoms with Crippen molar-refractivity contribution in [2.45, 2.75) is 12.8 Å². The maximum atomic E-state index is 13.0. The number of nitrogens with zero attached hydrogens (tertiary/aromatic N) is 3. The van der Waals surface area contributed by atoms with Crippen molar-refractivity contribution in [1.29, 1.82) is 0 Å². The van der Waals surface area contributed by atoms with Crippen LogP contribution in [0.4, 0.5) is 4.39 Å². The number of hydrogen-bond acceptors (Lipinski definition) is 4. The van der Waals surface area contributed by atoms with E-state index in [1.54, 1.807) is 36.7 Å². The van der Waals surface area contributed by atoms with Gasteiger partial charge in [-0.05, 0) is 55.3 Å². The van der Waals surface area contributed by atoms with Gasteiger partial charge in [-0.15, -0.1) is 0 Å². The second-order valence-corrected chi connectivity index (χ2v) is 6.78. The molecule has 0 N–H and O–H groups in total. The van der Waals surface area contributed by atoms with Crippen molar-refractivity contribution < 1.29 is 13.9 Å². The van der Waals surface area contributed by atoms with Gasteiger partial charge in [-0.1, -0.05) is 0 Å². The van der Waals surface area contributed by atoms with E-state index in [2.05, 4.69) is 9.97 Å². The van der Waals surface area contributed by atoms with Crippen LogP contribution in [0, 0.1) is 11.7 Å². The Morgan fingerprint density at radius 3 is 2.70 bits per heavy atom. The first-order chi connectivity index (χ1) is 13.2. The highest BCUT2D eigenvalue weighted by Gasteiger charge is 2.25. The summed E-state index contributed by atoms with van der Waals surface area (Å²) in [5.74, 6) is 0.631. The van der Waals surface area contributed by atoms with Crippen molar-refractivity contribution in [2.24, 2.45) is 5.92 Å². The summed E-state index contributed by atoms with van der Waals surface area (Å²) >= 11 is 0. The molecule has 1 aromatic heterocycles. The van der Waals surface area contributed by atoms with Gasteiger partial charge < -0.3 is 9.64 Å². The Kier molecular flexibility index (Phi) is 4.96. The monoisotopic (exact) mass is 365 g/mol. The zero-order valence-corrected chi connectivity index (χ0v) is 14.8. The molecule has 1 saturated heterocycles. The molecular formula is C21H20FN3O2. The molecule has 4 rings (SSSR count). The molecule has 1 atom stereocenters. The number of likely N-dealkylation sites (tertiary alicyclic amines) is 1. The summed E-state index contributed by atoms with van der Waals surface area (Å²) in [7, 11) is 0. The third-order valence-corrected chi connectivity index (χ3v) is 4.82. The second-order valence-electron chi connectivity index (χ2n) is 6.78. The van der Waals surface area contributed by atoms with E-state index >= 15 is 0 Å². The molecule has 3 aromatic rings. The molecule has 138 valence electrons. The van der Waals surface area contributed by atoms with Gasteiger partial charge in [0.2, 0.25) is 0 Å². The molecule has 27 heavy (non-hydrogen) atoms. The highest BCUT2D eigenvalue weighted by atomic mass is 19.1. The van der Waals surface area contributed by atoms with Crippen molar-refractivity contribution in [3.8, 4) is 5.75 Å². The molecule has 2 heterocycles. The summed E-state index contributed by atoms with van der Waals surface area (Å²) in [5.41, 5.74) is 2.12. The first-order valence-electron chi connectivity index (χ1n) is 9.07. The second kappa shape index (κ2) is 7.70. The van der Waals surface area contributed by atoms with Crippen molar-refractivity contribution in [1.82, 2.24) is 14.9 Å². The van der Waals surface area contributed by atoms with Crippen molar-refractivity contribution >= 4 is 16.9 Å². The number of piperidine rings is 1. The Morgan fingerprint density at radius 1 is 1.11 bits per heavy atom. The number of fused-ring (bicyclic) bond motifs is 1. The first-order valence-corrected chi connectivity index (χ1v) is 9.07. The number of aromatic nitrogens is 2. The average Bonchev–Trinajstić information content (AvgIpc) is 2.72. The summed E-state index contributed by atoms with van der Waals surface area (Å²) in [6.07, 6.45) is 5.21. The Hall–Kier alpha value is -3.02. The van der Waals surface area contributed by atoms with E-state index in [4.69, 9.17) is 4.74 Å². The van der Waals surface area contributed by atoms with Crippen LogP contribution in [0.5, 0.6) is 5.75 Å². The van der Waals surface area contributed by atoms with E-state index in [0.29, 0.717) is 24.5 Å². The van der Waals surface area contributed by atoms with Gasteiger partial charge in [-0.25, -0.2) is 4.39 Å². The van der Waals surface area contributed by atoms with Crippen LogP contribution in [-0.4, -0.2) is 40.5 Å². The van der Waals surface area contributed by atoms with Gasteiger partial charge in [0.05, 0.1) is 17.6 Å². The van der Waals surface area contributed by atoms with Gasteiger partial charge in [0.1, 0.15) is 11.6 Å². The van der Waals surface area contributed by atoms with E-state index in [1.165, 1.54) is 12.1 Å². The summed E-state index contributed by atoms with van der Waals surface area (Å²) in [4.78, 5) is 23.3. The number of ether oxygens (including phenoxy) is 1. The smallest absolute Gasteiger partial charge is 0.253 e. The average molecular weight is 365 g/mol. The molecule has 5 nitrogen and oxygen atoms in total. The maximum absolute atomic E-state index is 13.0. The van der Waals surface area contributed by atoms with E-state index in [0.717, 1.165) is 30.4 Å². The Morgan fingerprint density at radius 2 is 1.89 bits per heavy atom. The number of rotatable bonds is 4. The van der Waals surface area contributed by atoms with Crippen LogP contribution in [-0.2, 0) is 0 Å². The molecule has 0 unspecified atom stereocenters. The van der Waals surface area contributed by atoms with Gasteiger partial charge in [-0.2, -0.15) is 0 Å². The zero-order chi connectivity index (χ0) is 18.6. The number of carbonyl (C=O) groups is 1. The lowest BCUT2D eigenvalue weighted by Gasteiger charge is -2.32. The fourth-order valence-corrected chi connectivity index (χ4v) is 3.41. The van der Waals surface area contributed by atoms with Crippen LogP contribution in [0.3, 0.4) is 0 Å². The van der Waals surface area contributed by atoms with Crippen molar-refractivity contribution in [3.05, 3.63) is 66.2 Å². The molecule has 1 aliphatic heterocycles. The number of benzene rings is 2. The van der Waals surface area contributed by atoms with Gasteiger partial charge in [-0.3, -0.25) is 14.8 Å². The quantitative estimate of drug-likeness (QED) is 0.707. The van der Waals surface area contributed by atoms with Crippen LogP contribution in [0.1, 0.15) is 23.2 Å². The summed E-state index contributed by atoms with van der Waals surface area (Å²) in [6, 6.07) is 11.4. The first kappa shape index (κ1) is 17.4. The van der Waals surface area contributed by atoms with Crippen LogP contribution in [0.2, 0.25) is 0 Å². The minimum Gasteiger partial charge on any atom is -0.493 e. The minimum atomic E-state index is -0.281. The predicted molar refractivity (Wildman–Crippen MR) is 100 cm³/mol. The molecular weight excluding hydrogens is 345 g/mol. The number of carbonyl (C=O) groups excluding carboxylic acids is 1. The van der Waals surface area contributed by atoms with E-state index in [9.17, 15) is 9.18 Å². The molecule has 1 aliphatic rings. The van der Waals surface area contributed by atoms with Crippen LogP contribution in [0.15, 0.2) is 54.9 Å². The van der Waals surface area contributed by atoms with Crippen LogP contribution >= 0.6 is 0 Å². The summed E-state index contributed by atoms with van der Waals surface area (Å²) < 4.78 is 18.7. The standard InChI is InChI=1S/C21H20FN3O2/c22-17-4-6-18(7-5-17)27-14-15-2-1-11-25(13-15)21(26)16-3-8-19-20(12-16)24-10-9-23-19/h3-10,12,15H,1-2,11,13-14H2/t15-/m1/s1. The number of halogens is 1. The topological polar surface area (TPSA) is 55.3 Å². The zero-order valence-electron chi connectivity index (χ0n) is 14.8. The maximum Gasteiger partial charge on any atom is 0.253 e. The predicted octanol–water partition coefficient (Wildman–Crippen LogP) is 3.70. The van der Waals surface area contributed by atoms with E-state index in [1.807, 2.05) is 11.0 Å². The number of hydrogen-bond donors (Lipinski definition) is 0. The minimum absolute atomic E-state index is 0.00837. The van der Waals surface area contributed by atoms with E-state index in [-0.39, 0.29) is 17.6 Å². The van der Waals surface area contributed by atoms with Crippen LogP contribution in [0.25, 0.3) is 11.0 Å². The molecule has 0 radical (unpaired) electrons. The lowest BCUT2D eigenvalue weighted by molar-refractivity contribution is 0.0633. The molecule has 0 aliphatic carbocycles. The van der Waals surface area contributed by atoms with Gasteiger partial charge in [0.25, 0.3) is 5.91 Å². The normalized spacial score (nSPS) is 17.1. The van der Waals surface area contributed by atoms with Gasteiger partial charge in [0.15, 0.2) is 0 Å². The third-order valence-electron chi connectivity index (χ3n) is 4.82. The van der Waals surface area contributed by atoms with Crippen molar-refractivity contribution in [3.63, 3.8) is 0 Å². The molecule has 1 fully saturated rings. The molecule has 0 spiro atoms. The van der Waals surface area contributed by atoms with Gasteiger partial charge >= 0.3 is 0 Å². The molecule has 1 amide bonds. The highest BCUT2D eigenvalue weighted by Crippen LogP contribution is 2.21. The largest absolute Gasteiger partial charge is 0.493 e. The van der Waals surface area contributed by atoms with Gasteiger partial charge in [0, 0.05) is 37.0 Å². The fourth-order valence-electron chi connectivity index (χ4n) is 3.41. The SMILES string of the molecule is O=C(c1ccc2nccnc2c1)N1CCC[C@@H](COc2ccc(F)cc2)C1. The van der Waals surface area contributed by atoms with E-state index < -0.39 is 0 Å². The lowest BCUT2D eigenvalue weighted by atomic mass is 9.98. The molecule has 0 bridgehead atoms. The Balaban J connectivity index is 1.40. The third kappa shape index (κ3) is 4.05. The molecule has 6 heteroatoms. The van der Waals surface area contributed by atoms with Crippen molar-refractivity contribution in [2.75, 3.05) is 19.7 Å². The lowest BCUT2D eigenvalue weighted by Crippen LogP contribution is -2.41. The Labute approximate surface area is 156 Å². The molecule has 2 aromatic carbocycles. The molecule has 0 saturated carbocycles. The highest BCUT2D eigenvalue weighted by molar-refractivity contribution is 5.97. The number of amides is 1. The van der Waals surface area contributed by atoms with Crippen LogP contribution < -0.4 is 4.74 Å².